The van der Waals surface area contributed by atoms with Gasteiger partial charge in [0.1, 0.15) is 0 Å². The lowest BCUT2D eigenvalue weighted by Gasteiger charge is -2.13. The molecule has 3 heteroatoms. The Kier molecular flexibility index (Phi) is 2.84. The molecule has 0 bridgehead atoms. The summed E-state index contributed by atoms with van der Waals surface area (Å²) in [6.45, 7) is 7.80. The predicted octanol–water partition coefficient (Wildman–Crippen LogP) is 2.97. The normalized spacial score (nSPS) is 17.9. The average molecular weight is 228 g/mol. The second-order valence-electron chi connectivity index (χ2n) is 4.27. The molecule has 88 valence electrons. The molecule has 0 saturated carbocycles. The summed E-state index contributed by atoms with van der Waals surface area (Å²) in [5, 5.41) is 5.76. The molecule has 3 nitrogen and oxygen atoms in total. The third kappa shape index (κ3) is 1.88. The molecule has 0 aliphatic carbocycles. The summed E-state index contributed by atoms with van der Waals surface area (Å²) in [4.78, 5) is 12.1. The molecular formula is C14H16N2O. The number of benzene rings is 1. The monoisotopic (exact) mass is 228 g/mol. The summed E-state index contributed by atoms with van der Waals surface area (Å²) in [7, 11) is 0. The van der Waals surface area contributed by atoms with E-state index in [1.807, 2.05) is 45.0 Å². The van der Waals surface area contributed by atoms with Crippen LogP contribution in [0, 0.1) is 13.8 Å². The van der Waals surface area contributed by atoms with Crippen LogP contribution in [0.4, 0.5) is 5.69 Å². The highest BCUT2D eigenvalue weighted by atomic mass is 16.2. The SMILES string of the molecule is C/C=C1\C(=O)N(c2ccc(C)c(C)c2)N=C1C. The van der Waals surface area contributed by atoms with Crippen molar-refractivity contribution in [2.45, 2.75) is 27.7 Å². The zero-order valence-corrected chi connectivity index (χ0v) is 10.6. The Balaban J connectivity index is 2.43. The number of aryl methyl sites for hydroxylation is 2. The van der Waals surface area contributed by atoms with Gasteiger partial charge in [0.2, 0.25) is 0 Å². The van der Waals surface area contributed by atoms with Crippen LogP contribution in [0.5, 0.6) is 0 Å². The lowest BCUT2D eigenvalue weighted by atomic mass is 10.1. The molecular weight excluding hydrogens is 212 g/mol. The van der Waals surface area contributed by atoms with Crippen molar-refractivity contribution in [2.24, 2.45) is 5.10 Å². The van der Waals surface area contributed by atoms with E-state index in [2.05, 4.69) is 12.0 Å². The van der Waals surface area contributed by atoms with Gasteiger partial charge in [0, 0.05) is 0 Å². The van der Waals surface area contributed by atoms with Crippen molar-refractivity contribution in [3.05, 3.63) is 41.0 Å². The van der Waals surface area contributed by atoms with Crippen molar-refractivity contribution in [3.63, 3.8) is 0 Å². The van der Waals surface area contributed by atoms with E-state index in [-0.39, 0.29) is 5.91 Å². The van der Waals surface area contributed by atoms with Crippen LogP contribution in [0.2, 0.25) is 0 Å². The first-order valence-electron chi connectivity index (χ1n) is 5.68. The second-order valence-corrected chi connectivity index (χ2v) is 4.27. The molecule has 0 unspecified atom stereocenters. The first kappa shape index (κ1) is 11.6. The summed E-state index contributed by atoms with van der Waals surface area (Å²) in [5.74, 6) is -0.0479. The zero-order chi connectivity index (χ0) is 12.6. The fourth-order valence-corrected chi connectivity index (χ4v) is 1.88. The quantitative estimate of drug-likeness (QED) is 0.680. The number of anilines is 1. The Morgan fingerprint density at radius 3 is 2.41 bits per heavy atom. The third-order valence-electron chi connectivity index (χ3n) is 3.09. The van der Waals surface area contributed by atoms with Gasteiger partial charge >= 0.3 is 0 Å². The summed E-state index contributed by atoms with van der Waals surface area (Å²) in [6.07, 6.45) is 1.81. The van der Waals surface area contributed by atoms with Gasteiger partial charge in [-0.15, -0.1) is 0 Å². The number of carbonyl (C=O) groups is 1. The van der Waals surface area contributed by atoms with Gasteiger partial charge in [-0.2, -0.15) is 10.1 Å². The minimum Gasteiger partial charge on any atom is -0.267 e. The van der Waals surface area contributed by atoms with E-state index < -0.39 is 0 Å². The molecule has 0 saturated heterocycles. The van der Waals surface area contributed by atoms with Crippen LogP contribution in [-0.4, -0.2) is 11.6 Å². The second kappa shape index (κ2) is 4.17. The lowest BCUT2D eigenvalue weighted by Crippen LogP contribution is -2.21. The van der Waals surface area contributed by atoms with E-state index in [1.54, 1.807) is 0 Å². The van der Waals surface area contributed by atoms with Gasteiger partial charge in [-0.3, -0.25) is 4.79 Å². The Labute approximate surface area is 101 Å². The Morgan fingerprint density at radius 2 is 1.88 bits per heavy atom. The maximum Gasteiger partial charge on any atom is 0.280 e. The van der Waals surface area contributed by atoms with Gasteiger partial charge in [0.15, 0.2) is 0 Å². The van der Waals surface area contributed by atoms with Crippen molar-refractivity contribution in [1.82, 2.24) is 0 Å². The predicted molar refractivity (Wildman–Crippen MR) is 70.3 cm³/mol. The Bertz CT molecular complexity index is 541. The molecule has 17 heavy (non-hydrogen) atoms. The molecule has 1 aliphatic heterocycles. The molecule has 0 radical (unpaired) electrons. The van der Waals surface area contributed by atoms with Crippen LogP contribution in [0.25, 0.3) is 0 Å². The van der Waals surface area contributed by atoms with Crippen molar-refractivity contribution in [1.29, 1.82) is 0 Å². The Hall–Kier alpha value is -1.90. The van der Waals surface area contributed by atoms with Crippen LogP contribution < -0.4 is 5.01 Å². The number of amides is 1. The minimum atomic E-state index is -0.0479. The smallest absolute Gasteiger partial charge is 0.267 e. The maximum absolute atomic E-state index is 12.1. The van der Waals surface area contributed by atoms with Crippen molar-refractivity contribution < 1.29 is 4.79 Å². The number of carbonyl (C=O) groups excluding carboxylic acids is 1. The number of hydrogen-bond acceptors (Lipinski definition) is 2. The third-order valence-corrected chi connectivity index (χ3v) is 3.09. The molecule has 0 aromatic heterocycles. The van der Waals surface area contributed by atoms with Crippen LogP contribution in [-0.2, 0) is 4.79 Å². The van der Waals surface area contributed by atoms with Crippen LogP contribution in [0.3, 0.4) is 0 Å². The van der Waals surface area contributed by atoms with Crippen LogP contribution >= 0.6 is 0 Å². The molecule has 0 fully saturated rings. The summed E-state index contributed by atoms with van der Waals surface area (Å²) < 4.78 is 0. The maximum atomic E-state index is 12.1. The summed E-state index contributed by atoms with van der Waals surface area (Å²) in [6, 6.07) is 5.93. The molecule has 1 aromatic rings. The molecule has 1 amide bonds. The molecule has 1 aliphatic rings. The van der Waals surface area contributed by atoms with E-state index in [0.717, 1.165) is 17.0 Å². The molecule has 0 atom stereocenters. The minimum absolute atomic E-state index is 0.0479. The van der Waals surface area contributed by atoms with E-state index in [4.69, 9.17) is 0 Å². The van der Waals surface area contributed by atoms with E-state index in [9.17, 15) is 4.79 Å². The topological polar surface area (TPSA) is 32.7 Å². The van der Waals surface area contributed by atoms with Gasteiger partial charge in [-0.25, -0.2) is 0 Å². The molecule has 2 rings (SSSR count). The van der Waals surface area contributed by atoms with Gasteiger partial charge in [-0.1, -0.05) is 12.1 Å². The Morgan fingerprint density at radius 1 is 1.18 bits per heavy atom. The lowest BCUT2D eigenvalue weighted by molar-refractivity contribution is -0.114. The number of rotatable bonds is 1. The number of hydrazone groups is 1. The molecule has 1 heterocycles. The van der Waals surface area contributed by atoms with Crippen LogP contribution in [0.1, 0.15) is 25.0 Å². The van der Waals surface area contributed by atoms with Crippen molar-refractivity contribution in [3.8, 4) is 0 Å². The molecule has 0 spiro atoms. The van der Waals surface area contributed by atoms with E-state index in [0.29, 0.717) is 5.57 Å². The number of allylic oxidation sites excluding steroid dienone is 1. The summed E-state index contributed by atoms with van der Waals surface area (Å²) >= 11 is 0. The number of nitrogens with zero attached hydrogens (tertiary/aromatic N) is 2. The van der Waals surface area contributed by atoms with E-state index >= 15 is 0 Å². The highest BCUT2D eigenvalue weighted by Crippen LogP contribution is 2.25. The largest absolute Gasteiger partial charge is 0.280 e. The highest BCUT2D eigenvalue weighted by Gasteiger charge is 2.27. The fourth-order valence-electron chi connectivity index (χ4n) is 1.88. The van der Waals surface area contributed by atoms with Gasteiger partial charge in [-0.05, 0) is 51.0 Å². The number of hydrogen-bond donors (Lipinski definition) is 0. The standard InChI is InChI=1S/C14H16N2O/c1-5-13-11(4)15-16(14(13)17)12-7-6-9(2)10(3)8-12/h5-8H,1-4H3/b13-5-. The fraction of sp³-hybridized carbons (Fsp3) is 0.286. The van der Waals surface area contributed by atoms with Gasteiger partial charge < -0.3 is 0 Å². The first-order chi connectivity index (χ1) is 8.04. The average Bonchev–Trinajstić information content (AvgIpc) is 2.58. The van der Waals surface area contributed by atoms with Crippen molar-refractivity contribution in [2.75, 3.05) is 5.01 Å². The van der Waals surface area contributed by atoms with E-state index in [1.165, 1.54) is 10.6 Å². The molecule has 0 N–H and O–H groups in total. The van der Waals surface area contributed by atoms with Gasteiger partial charge in [0.25, 0.3) is 5.91 Å². The highest BCUT2D eigenvalue weighted by molar-refractivity contribution is 6.29. The summed E-state index contributed by atoms with van der Waals surface area (Å²) in [5.41, 5.74) is 4.66. The first-order valence-corrected chi connectivity index (χ1v) is 5.68. The van der Waals surface area contributed by atoms with Gasteiger partial charge in [0.05, 0.1) is 17.0 Å². The van der Waals surface area contributed by atoms with Crippen molar-refractivity contribution >= 4 is 17.3 Å². The molecule has 1 aromatic carbocycles. The van der Waals surface area contributed by atoms with Crippen LogP contribution in [0.15, 0.2) is 34.9 Å². The zero-order valence-electron chi connectivity index (χ0n) is 10.6.